The number of rotatable bonds is 1. The van der Waals surface area contributed by atoms with Crippen molar-refractivity contribution in [3.8, 4) is 17.3 Å². The van der Waals surface area contributed by atoms with Crippen molar-refractivity contribution in [3.63, 3.8) is 0 Å². The van der Waals surface area contributed by atoms with E-state index in [0.29, 0.717) is 16.8 Å². The summed E-state index contributed by atoms with van der Waals surface area (Å²) in [5, 5.41) is 15.2. The van der Waals surface area contributed by atoms with Crippen molar-refractivity contribution >= 4 is 38.1 Å². The van der Waals surface area contributed by atoms with E-state index in [2.05, 4.69) is 80.0 Å². The second-order valence-corrected chi connectivity index (χ2v) is 9.87. The van der Waals surface area contributed by atoms with Crippen molar-refractivity contribution in [1.29, 1.82) is 5.26 Å². The molecule has 0 bridgehead atoms. The van der Waals surface area contributed by atoms with E-state index in [1.165, 1.54) is 21.9 Å². The van der Waals surface area contributed by atoms with Gasteiger partial charge in [-0.1, -0.05) is 57.2 Å². The Bertz CT molecular complexity index is 1720. The van der Waals surface area contributed by atoms with Crippen LogP contribution in [-0.4, -0.2) is 4.98 Å². The van der Waals surface area contributed by atoms with Crippen LogP contribution in [0.4, 0.5) is 5.69 Å². The second kappa shape index (κ2) is 7.65. The molecule has 0 fully saturated rings. The number of hydrogen-bond donors (Lipinski definition) is 0. The van der Waals surface area contributed by atoms with Gasteiger partial charge in [-0.05, 0) is 62.8 Å². The molecule has 1 aromatic heterocycles. The Balaban J connectivity index is 1.98. The molecule has 0 atom stereocenters. The number of aryl methyl sites for hydroxylation is 2. The summed E-state index contributed by atoms with van der Waals surface area (Å²) in [6, 6.07) is 20.8. The molecule has 0 aliphatic rings. The molecule has 1 heterocycles. The molecule has 5 rings (SSSR count). The van der Waals surface area contributed by atoms with E-state index < -0.39 is 0 Å². The molecule has 0 saturated carbocycles. The maximum atomic E-state index is 10.1. The summed E-state index contributed by atoms with van der Waals surface area (Å²) < 4.78 is 2.04. The van der Waals surface area contributed by atoms with Crippen LogP contribution in [0.2, 0.25) is 0 Å². The number of benzene rings is 4. The van der Waals surface area contributed by atoms with E-state index in [9.17, 15) is 5.26 Å². The molecule has 0 spiro atoms. The summed E-state index contributed by atoms with van der Waals surface area (Å²) in [6.07, 6.45) is 1.79. The summed E-state index contributed by atoms with van der Waals surface area (Å²) in [5.74, 6) is 0. The van der Waals surface area contributed by atoms with Gasteiger partial charge in [0.15, 0.2) is 5.69 Å². The van der Waals surface area contributed by atoms with Crippen LogP contribution in [0.25, 0.3) is 48.6 Å². The molecule has 4 heteroatoms. The van der Waals surface area contributed by atoms with Gasteiger partial charge in [0.25, 0.3) is 6.33 Å². The Hall–Kier alpha value is -4.28. The Morgan fingerprint density at radius 2 is 1.71 bits per heavy atom. The minimum atomic E-state index is -0.0432. The minimum absolute atomic E-state index is 0.0432. The predicted molar refractivity (Wildman–Crippen MR) is 138 cm³/mol. The SMILES string of the molecule is [C-]#[N+]c1ccc2c(C#N)c3nc[n+](C)c(-c4cc(C(C)(C)C)c5ccccc5c4C)c3cc2c1. The van der Waals surface area contributed by atoms with Gasteiger partial charge in [-0.2, -0.15) is 5.26 Å². The number of fused-ring (bicyclic) bond motifs is 3. The molecule has 4 aromatic carbocycles. The second-order valence-electron chi connectivity index (χ2n) is 9.87. The van der Waals surface area contributed by atoms with Crippen LogP contribution < -0.4 is 4.57 Å². The van der Waals surface area contributed by atoms with Crippen LogP contribution in [0.5, 0.6) is 0 Å². The summed E-state index contributed by atoms with van der Waals surface area (Å²) in [7, 11) is 2.00. The van der Waals surface area contributed by atoms with Crippen LogP contribution in [-0.2, 0) is 12.5 Å². The van der Waals surface area contributed by atoms with Crippen molar-refractivity contribution in [2.24, 2.45) is 7.05 Å². The lowest BCUT2D eigenvalue weighted by molar-refractivity contribution is -0.662. The van der Waals surface area contributed by atoms with E-state index in [0.717, 1.165) is 27.4 Å². The summed E-state index contributed by atoms with van der Waals surface area (Å²) in [6.45, 7) is 16.3. The highest BCUT2D eigenvalue weighted by Gasteiger charge is 2.25. The van der Waals surface area contributed by atoms with Gasteiger partial charge in [-0.25, -0.2) is 9.41 Å². The Morgan fingerprint density at radius 1 is 0.971 bits per heavy atom. The van der Waals surface area contributed by atoms with Crippen LogP contribution in [0.15, 0.2) is 60.9 Å². The molecule has 0 aliphatic heterocycles. The van der Waals surface area contributed by atoms with Gasteiger partial charge in [0.05, 0.1) is 19.0 Å². The predicted octanol–water partition coefficient (Wildman–Crippen LogP) is 7.06. The van der Waals surface area contributed by atoms with Crippen LogP contribution >= 0.6 is 0 Å². The normalized spacial score (nSPS) is 11.6. The van der Waals surface area contributed by atoms with Gasteiger partial charge in [0, 0.05) is 10.9 Å². The van der Waals surface area contributed by atoms with Gasteiger partial charge in [0.1, 0.15) is 17.3 Å². The first-order chi connectivity index (χ1) is 16.2. The lowest BCUT2D eigenvalue weighted by atomic mass is 9.80. The first-order valence-corrected chi connectivity index (χ1v) is 11.3. The van der Waals surface area contributed by atoms with Crippen molar-refractivity contribution < 1.29 is 4.57 Å². The van der Waals surface area contributed by atoms with E-state index >= 15 is 0 Å². The van der Waals surface area contributed by atoms with Gasteiger partial charge < -0.3 is 0 Å². The largest absolute Gasteiger partial charge is 0.287 e. The molecule has 0 N–H and O–H groups in total. The lowest BCUT2D eigenvalue weighted by Crippen LogP contribution is -2.32. The number of hydrogen-bond acceptors (Lipinski definition) is 2. The van der Waals surface area contributed by atoms with E-state index in [-0.39, 0.29) is 5.41 Å². The quantitative estimate of drug-likeness (QED) is 0.159. The fraction of sp³-hybridized carbons (Fsp3) is 0.200. The number of aromatic nitrogens is 2. The molecule has 0 saturated heterocycles. The molecule has 0 radical (unpaired) electrons. The van der Waals surface area contributed by atoms with Crippen LogP contribution in [0.3, 0.4) is 0 Å². The van der Waals surface area contributed by atoms with E-state index in [1.807, 2.05) is 23.7 Å². The molecular weight excluding hydrogens is 416 g/mol. The summed E-state index contributed by atoms with van der Waals surface area (Å²) in [4.78, 5) is 8.26. The van der Waals surface area contributed by atoms with Crippen LogP contribution in [0, 0.1) is 24.8 Å². The van der Waals surface area contributed by atoms with Gasteiger partial charge in [-0.15, -0.1) is 0 Å². The summed E-state index contributed by atoms with van der Waals surface area (Å²) >= 11 is 0. The van der Waals surface area contributed by atoms with Crippen molar-refractivity contribution in [1.82, 2.24) is 4.98 Å². The molecule has 4 nitrogen and oxygen atoms in total. The molecule has 0 unspecified atom stereocenters. The van der Waals surface area contributed by atoms with E-state index in [4.69, 9.17) is 6.57 Å². The fourth-order valence-electron chi connectivity index (χ4n) is 4.99. The highest BCUT2D eigenvalue weighted by Crippen LogP contribution is 2.40. The van der Waals surface area contributed by atoms with E-state index in [1.54, 1.807) is 12.4 Å². The van der Waals surface area contributed by atoms with Gasteiger partial charge >= 0.3 is 0 Å². The maximum absolute atomic E-state index is 10.1. The van der Waals surface area contributed by atoms with Crippen molar-refractivity contribution in [3.05, 3.63) is 89.0 Å². The Kier molecular flexibility index (Phi) is 4.85. The zero-order valence-electron chi connectivity index (χ0n) is 20.1. The molecule has 5 aromatic rings. The van der Waals surface area contributed by atoms with Gasteiger partial charge in [-0.3, -0.25) is 0 Å². The maximum Gasteiger partial charge on any atom is 0.287 e. The molecule has 34 heavy (non-hydrogen) atoms. The molecule has 0 aliphatic carbocycles. The molecule has 0 amide bonds. The smallest absolute Gasteiger partial charge is 0.238 e. The van der Waals surface area contributed by atoms with Crippen LogP contribution in [0.1, 0.15) is 37.5 Å². The third-order valence-corrected chi connectivity index (χ3v) is 6.68. The monoisotopic (exact) mass is 441 g/mol. The highest BCUT2D eigenvalue weighted by molar-refractivity contribution is 6.08. The number of nitrogens with zero attached hydrogens (tertiary/aromatic N) is 4. The molecule has 164 valence electrons. The minimum Gasteiger partial charge on any atom is -0.238 e. The number of nitriles is 1. The standard InChI is InChI=1S/C30H25N4/c1-18-21-9-7-8-10-23(21)27(30(2,3)4)15-24(18)29-25-14-19-13-20(32-5)11-12-22(19)26(16-31)28(25)33-17-34(29)6/h7-15,17H,1-4,6H3/q+1. The van der Waals surface area contributed by atoms with Gasteiger partial charge in [0.2, 0.25) is 5.52 Å². The first-order valence-electron chi connectivity index (χ1n) is 11.3. The third kappa shape index (κ3) is 3.19. The Morgan fingerprint density at radius 3 is 2.38 bits per heavy atom. The third-order valence-electron chi connectivity index (χ3n) is 6.68. The first kappa shape index (κ1) is 21.6. The average molecular weight is 442 g/mol. The van der Waals surface area contributed by atoms with Crippen molar-refractivity contribution in [2.45, 2.75) is 33.1 Å². The Labute approximate surface area is 199 Å². The lowest BCUT2D eigenvalue weighted by Gasteiger charge is -2.24. The zero-order chi connectivity index (χ0) is 24.2. The average Bonchev–Trinajstić information content (AvgIpc) is 2.82. The van der Waals surface area contributed by atoms with Crippen molar-refractivity contribution in [2.75, 3.05) is 0 Å². The topological polar surface area (TPSA) is 44.9 Å². The summed E-state index contributed by atoms with van der Waals surface area (Å²) in [5.41, 5.74) is 6.36. The highest BCUT2D eigenvalue weighted by atomic mass is 15.0. The fourth-order valence-corrected chi connectivity index (χ4v) is 4.99. The zero-order valence-corrected chi connectivity index (χ0v) is 20.1. The molecular formula is C30H25N4+.